The van der Waals surface area contributed by atoms with E-state index in [-0.39, 0.29) is 0 Å². The van der Waals surface area contributed by atoms with Crippen LogP contribution in [-0.4, -0.2) is 102 Å². The molecule has 158 valence electrons. The molecule has 1 rings (SSSR count). The van der Waals surface area contributed by atoms with E-state index in [2.05, 4.69) is 21.3 Å². The van der Waals surface area contributed by atoms with Gasteiger partial charge in [0.15, 0.2) is 10.2 Å². The summed E-state index contributed by atoms with van der Waals surface area (Å²) in [5, 5.41) is 13.5. The van der Waals surface area contributed by atoms with Crippen LogP contribution in [0.5, 0.6) is 0 Å². The van der Waals surface area contributed by atoms with Crippen LogP contribution in [0.4, 0.5) is 0 Å². The number of ether oxygens (including phenoxy) is 5. The van der Waals surface area contributed by atoms with E-state index in [9.17, 15) is 0 Å². The lowest BCUT2D eigenvalue weighted by Crippen LogP contribution is -2.40. The normalized spacial score (nSPS) is 22.1. The maximum absolute atomic E-state index is 5.50. The Morgan fingerprint density at radius 1 is 0.407 bits per heavy atom. The third-order valence-corrected chi connectivity index (χ3v) is 3.82. The predicted molar refractivity (Wildman–Crippen MR) is 111 cm³/mol. The van der Waals surface area contributed by atoms with Crippen molar-refractivity contribution in [1.29, 1.82) is 0 Å². The smallest absolute Gasteiger partial charge is 0.166 e. The van der Waals surface area contributed by atoms with Crippen molar-refractivity contribution in [3.8, 4) is 0 Å². The second-order valence-corrected chi connectivity index (χ2v) is 6.24. The first-order valence-electron chi connectivity index (χ1n) is 9.21. The Labute approximate surface area is 172 Å². The molecular weight excluding hydrogens is 392 g/mol. The molecule has 0 spiro atoms. The molecule has 0 unspecified atom stereocenters. The summed E-state index contributed by atoms with van der Waals surface area (Å²) in [6.45, 7) is 8.07. The first kappa shape index (κ1) is 24.2. The number of rotatable bonds is 0. The lowest BCUT2D eigenvalue weighted by molar-refractivity contribution is -0.000624. The summed E-state index contributed by atoms with van der Waals surface area (Å²) in [7, 11) is 0. The Balaban J connectivity index is 2.15. The van der Waals surface area contributed by atoms with Crippen molar-refractivity contribution in [2.45, 2.75) is 0 Å². The molecule has 0 aromatic carbocycles. The summed E-state index contributed by atoms with van der Waals surface area (Å²) < 4.78 is 27.3. The van der Waals surface area contributed by atoms with E-state index in [0.717, 1.165) is 0 Å². The number of nitrogens with one attached hydrogen (secondary N) is 4. The van der Waals surface area contributed by atoms with Crippen LogP contribution in [0.3, 0.4) is 0 Å². The van der Waals surface area contributed by atoms with E-state index in [1.807, 2.05) is 0 Å². The van der Waals surface area contributed by atoms with E-state index >= 15 is 0 Å². The fraction of sp³-hybridized carbons (Fsp3) is 0.875. The number of hydrogen-bond acceptors (Lipinski definition) is 7. The molecule has 0 saturated carbocycles. The Bertz CT molecular complexity index is 360. The molecule has 11 heteroatoms. The minimum atomic E-state index is 0.541. The molecule has 27 heavy (non-hydrogen) atoms. The van der Waals surface area contributed by atoms with Gasteiger partial charge in [0, 0.05) is 26.2 Å². The van der Waals surface area contributed by atoms with Gasteiger partial charge in [0.05, 0.1) is 66.1 Å². The quantitative estimate of drug-likeness (QED) is 0.361. The molecular formula is C16H32N4O5S2. The van der Waals surface area contributed by atoms with Crippen molar-refractivity contribution in [2.75, 3.05) is 92.2 Å². The largest absolute Gasteiger partial charge is 0.378 e. The molecule has 0 atom stereocenters. The second kappa shape index (κ2) is 18.5. The SMILES string of the molecule is S=C1NCCOCCNC(=S)NCCOCCOCCOCCOCCN1. The van der Waals surface area contributed by atoms with Gasteiger partial charge in [-0.3, -0.25) is 0 Å². The van der Waals surface area contributed by atoms with Crippen LogP contribution < -0.4 is 21.3 Å². The van der Waals surface area contributed by atoms with Crippen molar-refractivity contribution in [1.82, 2.24) is 21.3 Å². The van der Waals surface area contributed by atoms with Gasteiger partial charge in [-0.1, -0.05) is 0 Å². The second-order valence-electron chi connectivity index (χ2n) is 5.43. The van der Waals surface area contributed by atoms with Gasteiger partial charge in [-0.05, 0) is 24.4 Å². The average Bonchev–Trinajstić information content (AvgIpc) is 2.66. The summed E-state index contributed by atoms with van der Waals surface area (Å²) >= 11 is 10.3. The summed E-state index contributed by atoms with van der Waals surface area (Å²) in [5.74, 6) is 0. The highest BCUT2D eigenvalue weighted by atomic mass is 32.1. The molecule has 0 aromatic heterocycles. The Kier molecular flexibility index (Phi) is 16.6. The summed E-state index contributed by atoms with van der Waals surface area (Å²) in [4.78, 5) is 0. The lowest BCUT2D eigenvalue weighted by Gasteiger charge is -2.12. The van der Waals surface area contributed by atoms with Crippen LogP contribution in [0.25, 0.3) is 0 Å². The first-order valence-corrected chi connectivity index (χ1v) is 10.0. The topological polar surface area (TPSA) is 94.3 Å². The molecule has 1 fully saturated rings. The molecule has 1 heterocycles. The van der Waals surface area contributed by atoms with Gasteiger partial charge in [0.2, 0.25) is 0 Å². The summed E-state index contributed by atoms with van der Waals surface area (Å²) in [6.07, 6.45) is 0. The van der Waals surface area contributed by atoms with Crippen LogP contribution in [0.2, 0.25) is 0 Å². The number of thiocarbonyl (C=S) groups is 2. The highest BCUT2D eigenvalue weighted by molar-refractivity contribution is 7.80. The third-order valence-electron chi connectivity index (χ3n) is 3.24. The van der Waals surface area contributed by atoms with Crippen LogP contribution in [0.1, 0.15) is 0 Å². The molecule has 0 radical (unpaired) electrons. The first-order chi connectivity index (χ1) is 13.3. The molecule has 0 bridgehead atoms. The average molecular weight is 425 g/mol. The maximum atomic E-state index is 5.50. The van der Waals surface area contributed by atoms with E-state index in [1.54, 1.807) is 0 Å². The minimum absolute atomic E-state index is 0.541. The molecule has 1 aliphatic heterocycles. The fourth-order valence-electron chi connectivity index (χ4n) is 1.94. The van der Waals surface area contributed by atoms with Crippen molar-refractivity contribution in [3.63, 3.8) is 0 Å². The highest BCUT2D eigenvalue weighted by Crippen LogP contribution is 1.83. The zero-order valence-corrected chi connectivity index (χ0v) is 17.4. The molecule has 9 nitrogen and oxygen atoms in total. The predicted octanol–water partition coefficient (Wildman–Crippen LogP) is -0.989. The molecule has 0 aliphatic carbocycles. The third kappa shape index (κ3) is 17.0. The van der Waals surface area contributed by atoms with Crippen LogP contribution in [0.15, 0.2) is 0 Å². The van der Waals surface area contributed by atoms with Gasteiger partial charge in [-0.25, -0.2) is 0 Å². The molecule has 1 saturated heterocycles. The summed E-state index contributed by atoms with van der Waals surface area (Å²) in [5.41, 5.74) is 0. The number of hydrogen-bond donors (Lipinski definition) is 4. The zero-order chi connectivity index (χ0) is 19.4. The molecule has 0 amide bonds. The van der Waals surface area contributed by atoms with E-state index < -0.39 is 0 Å². The van der Waals surface area contributed by atoms with Crippen LogP contribution >= 0.6 is 24.4 Å². The maximum Gasteiger partial charge on any atom is 0.166 e. The minimum Gasteiger partial charge on any atom is -0.378 e. The van der Waals surface area contributed by atoms with E-state index in [1.165, 1.54) is 0 Å². The monoisotopic (exact) mass is 424 g/mol. The van der Waals surface area contributed by atoms with Crippen molar-refractivity contribution < 1.29 is 23.7 Å². The van der Waals surface area contributed by atoms with Gasteiger partial charge in [-0.2, -0.15) is 0 Å². The Morgan fingerprint density at radius 3 is 0.926 bits per heavy atom. The lowest BCUT2D eigenvalue weighted by atomic mass is 10.6. The Hall–Kier alpha value is -0.820. The van der Waals surface area contributed by atoms with Crippen LogP contribution in [-0.2, 0) is 23.7 Å². The molecule has 1 aliphatic rings. The zero-order valence-electron chi connectivity index (χ0n) is 15.8. The van der Waals surface area contributed by atoms with Crippen molar-refractivity contribution in [2.24, 2.45) is 0 Å². The van der Waals surface area contributed by atoms with Crippen LogP contribution in [0, 0.1) is 0 Å². The van der Waals surface area contributed by atoms with Crippen molar-refractivity contribution >= 4 is 34.7 Å². The molecule has 0 aromatic rings. The van der Waals surface area contributed by atoms with E-state index in [4.69, 9.17) is 48.1 Å². The van der Waals surface area contributed by atoms with E-state index in [0.29, 0.717) is 102 Å². The van der Waals surface area contributed by atoms with Gasteiger partial charge >= 0.3 is 0 Å². The van der Waals surface area contributed by atoms with Gasteiger partial charge in [0.1, 0.15) is 0 Å². The summed E-state index contributed by atoms with van der Waals surface area (Å²) in [6, 6.07) is 0. The van der Waals surface area contributed by atoms with Gasteiger partial charge in [-0.15, -0.1) is 0 Å². The highest BCUT2D eigenvalue weighted by Gasteiger charge is 1.98. The molecule has 4 N–H and O–H groups in total. The van der Waals surface area contributed by atoms with Gasteiger partial charge in [0.25, 0.3) is 0 Å². The standard InChI is InChI=1S/C16H32N4O5S2/c26-15-17-1-5-21-6-2-18-16(27)20-4-8-23-10-12-25-14-13-24-11-9-22-7-3-19-15/h1-14H2,(H2,17,19,26)(H2,18,20,27). The fourth-order valence-corrected chi connectivity index (χ4v) is 2.34. The van der Waals surface area contributed by atoms with Gasteiger partial charge < -0.3 is 45.0 Å². The van der Waals surface area contributed by atoms with Crippen molar-refractivity contribution in [3.05, 3.63) is 0 Å². The Morgan fingerprint density at radius 2 is 0.630 bits per heavy atom.